The van der Waals surface area contributed by atoms with Gasteiger partial charge in [-0.25, -0.2) is 0 Å². The van der Waals surface area contributed by atoms with Crippen molar-refractivity contribution in [1.82, 2.24) is 0 Å². The molecular formula is C27H29N7O2. The first-order valence-electron chi connectivity index (χ1n) is 11.6. The Morgan fingerprint density at radius 2 is 1.86 bits per heavy atom. The number of aromatic hydroxyl groups is 1. The van der Waals surface area contributed by atoms with Crippen LogP contribution in [0.2, 0.25) is 0 Å². The molecule has 0 aromatic heterocycles. The van der Waals surface area contributed by atoms with E-state index in [9.17, 15) is 9.90 Å². The van der Waals surface area contributed by atoms with Gasteiger partial charge in [-0.3, -0.25) is 15.2 Å². The molecule has 0 spiro atoms. The standard InChI is InChI=1S/C27H29N7O2/c1-17(33-34(2)22-13-12-18-6-3-7-19(18)15-22)25(16-35)32-31-24-11-5-10-23(26(24)36)20-8-4-9-21(14-20)27(28)30-29/h4-5,8-16,31,36H,3,6-7,29H2,1-2H3,(H2,28,30)/b32-25+,33-17-. The Balaban J connectivity index is 1.55. The van der Waals surface area contributed by atoms with Gasteiger partial charge < -0.3 is 16.7 Å². The third-order valence-electron chi connectivity index (χ3n) is 6.18. The van der Waals surface area contributed by atoms with Gasteiger partial charge in [0.1, 0.15) is 17.3 Å². The molecule has 0 atom stereocenters. The first-order valence-corrected chi connectivity index (χ1v) is 11.6. The summed E-state index contributed by atoms with van der Waals surface area (Å²) in [7, 11) is 1.83. The zero-order valence-electron chi connectivity index (χ0n) is 20.3. The Bertz CT molecular complexity index is 1380. The van der Waals surface area contributed by atoms with Gasteiger partial charge in [-0.1, -0.05) is 36.4 Å². The highest BCUT2D eigenvalue weighted by Gasteiger charge is 2.14. The average molecular weight is 484 g/mol. The molecule has 3 aromatic carbocycles. The van der Waals surface area contributed by atoms with Gasteiger partial charge in [0, 0.05) is 18.2 Å². The zero-order valence-corrected chi connectivity index (χ0v) is 20.3. The van der Waals surface area contributed by atoms with E-state index in [1.54, 1.807) is 48.3 Å². The number of nitrogens with two attached hydrogens (primary N) is 2. The van der Waals surface area contributed by atoms with Crippen LogP contribution in [-0.4, -0.2) is 35.7 Å². The number of carbonyl (C=O) groups excluding carboxylic acids is 1. The van der Waals surface area contributed by atoms with Crippen molar-refractivity contribution < 1.29 is 9.90 Å². The van der Waals surface area contributed by atoms with E-state index in [0.29, 0.717) is 34.4 Å². The van der Waals surface area contributed by atoms with Crippen molar-refractivity contribution in [1.29, 1.82) is 0 Å². The molecule has 0 heterocycles. The van der Waals surface area contributed by atoms with Crippen molar-refractivity contribution in [3.05, 3.63) is 77.4 Å². The number of fused-ring (bicyclic) bond motifs is 1. The van der Waals surface area contributed by atoms with Crippen LogP contribution in [0, 0.1) is 0 Å². The number of para-hydroxylation sites is 1. The predicted molar refractivity (Wildman–Crippen MR) is 146 cm³/mol. The first kappa shape index (κ1) is 24.5. The Morgan fingerprint density at radius 1 is 1.08 bits per heavy atom. The van der Waals surface area contributed by atoms with Crippen LogP contribution in [0.5, 0.6) is 5.75 Å². The van der Waals surface area contributed by atoms with Crippen molar-refractivity contribution in [3.63, 3.8) is 0 Å². The van der Waals surface area contributed by atoms with Crippen molar-refractivity contribution in [2.24, 2.45) is 26.9 Å². The van der Waals surface area contributed by atoms with E-state index in [-0.39, 0.29) is 17.3 Å². The van der Waals surface area contributed by atoms with Gasteiger partial charge in [-0.15, -0.1) is 0 Å². The molecule has 0 bridgehead atoms. The Morgan fingerprint density at radius 3 is 2.64 bits per heavy atom. The second-order valence-electron chi connectivity index (χ2n) is 8.54. The van der Waals surface area contributed by atoms with Crippen LogP contribution in [0.3, 0.4) is 0 Å². The Hall–Kier alpha value is -4.66. The van der Waals surface area contributed by atoms with E-state index < -0.39 is 0 Å². The average Bonchev–Trinajstić information content (AvgIpc) is 3.37. The van der Waals surface area contributed by atoms with Crippen LogP contribution >= 0.6 is 0 Å². The topological polar surface area (TPSA) is 142 Å². The van der Waals surface area contributed by atoms with Crippen molar-refractivity contribution in [3.8, 4) is 16.9 Å². The molecule has 0 fully saturated rings. The second-order valence-corrected chi connectivity index (χ2v) is 8.54. The van der Waals surface area contributed by atoms with E-state index in [1.165, 1.54) is 17.5 Å². The minimum atomic E-state index is -0.0308. The first-order chi connectivity index (χ1) is 17.4. The zero-order chi connectivity index (χ0) is 25.7. The number of hydrogen-bond donors (Lipinski definition) is 4. The van der Waals surface area contributed by atoms with Gasteiger partial charge in [-0.05, 0) is 67.1 Å². The number of hydrogen-bond acceptors (Lipinski definition) is 8. The van der Waals surface area contributed by atoms with Gasteiger partial charge >= 0.3 is 0 Å². The normalized spacial score (nSPS) is 13.9. The number of phenolic OH excluding ortho intramolecular Hbond substituents is 1. The maximum absolute atomic E-state index is 11.8. The van der Waals surface area contributed by atoms with Crippen LogP contribution in [0.25, 0.3) is 11.1 Å². The molecule has 184 valence electrons. The quantitative estimate of drug-likeness (QED) is 0.0963. The fraction of sp³-hybridized carbons (Fsp3) is 0.185. The third kappa shape index (κ3) is 5.20. The maximum Gasteiger partial charge on any atom is 0.172 e. The fourth-order valence-corrected chi connectivity index (χ4v) is 4.19. The molecule has 0 aliphatic heterocycles. The highest BCUT2D eigenvalue weighted by Crippen LogP contribution is 2.35. The molecule has 3 aromatic rings. The van der Waals surface area contributed by atoms with E-state index in [0.717, 1.165) is 18.5 Å². The number of aryl methyl sites for hydroxylation is 2. The summed E-state index contributed by atoms with van der Waals surface area (Å²) in [5.41, 5.74) is 15.1. The summed E-state index contributed by atoms with van der Waals surface area (Å²) in [6, 6.07) is 18.7. The van der Waals surface area contributed by atoms with E-state index in [2.05, 4.69) is 32.9 Å². The molecule has 1 aliphatic rings. The number of amidine groups is 1. The summed E-state index contributed by atoms with van der Waals surface area (Å²) in [6.07, 6.45) is 3.99. The number of anilines is 2. The fourth-order valence-electron chi connectivity index (χ4n) is 4.19. The monoisotopic (exact) mass is 483 g/mol. The van der Waals surface area contributed by atoms with Crippen LogP contribution in [0.15, 0.2) is 76.0 Å². The van der Waals surface area contributed by atoms with Gasteiger partial charge in [0.25, 0.3) is 0 Å². The number of rotatable bonds is 8. The SMILES string of the molecule is CC(=N/N(C)c1ccc2c(c1)CCC2)/C(C=O)=N/Nc1cccc(-c2cccc(/C(N)=N/N)c2)c1O. The molecule has 9 nitrogen and oxygen atoms in total. The lowest BCUT2D eigenvalue weighted by Gasteiger charge is -2.16. The van der Waals surface area contributed by atoms with Crippen LogP contribution < -0.4 is 22.0 Å². The maximum atomic E-state index is 11.8. The third-order valence-corrected chi connectivity index (χ3v) is 6.18. The lowest BCUT2D eigenvalue weighted by atomic mass is 10.0. The molecule has 0 saturated heterocycles. The molecule has 36 heavy (non-hydrogen) atoms. The number of carbonyl (C=O) groups is 1. The molecule has 9 heteroatoms. The Kier molecular flexibility index (Phi) is 7.29. The number of benzene rings is 3. The molecule has 0 radical (unpaired) electrons. The molecule has 4 rings (SSSR count). The molecule has 0 amide bonds. The number of hydrazone groups is 3. The summed E-state index contributed by atoms with van der Waals surface area (Å²) >= 11 is 0. The highest BCUT2D eigenvalue weighted by molar-refractivity contribution is 6.61. The summed E-state index contributed by atoms with van der Waals surface area (Å²) in [5, 5.41) is 24.9. The number of phenols is 1. The van der Waals surface area contributed by atoms with Gasteiger partial charge in [0.15, 0.2) is 6.29 Å². The number of nitrogens with zero attached hydrogens (tertiary/aromatic N) is 4. The minimum Gasteiger partial charge on any atom is -0.505 e. The van der Waals surface area contributed by atoms with Crippen LogP contribution in [-0.2, 0) is 17.6 Å². The van der Waals surface area contributed by atoms with Crippen LogP contribution in [0.1, 0.15) is 30.0 Å². The van der Waals surface area contributed by atoms with Gasteiger partial charge in [0.2, 0.25) is 0 Å². The van der Waals surface area contributed by atoms with Crippen molar-refractivity contribution >= 4 is 34.9 Å². The van der Waals surface area contributed by atoms with Crippen molar-refractivity contribution in [2.75, 3.05) is 17.5 Å². The summed E-state index contributed by atoms with van der Waals surface area (Å²) in [6.45, 7) is 1.71. The smallest absolute Gasteiger partial charge is 0.172 e. The number of aldehydes is 1. The summed E-state index contributed by atoms with van der Waals surface area (Å²) < 4.78 is 0. The largest absolute Gasteiger partial charge is 0.505 e. The highest BCUT2D eigenvalue weighted by atomic mass is 16.3. The number of nitrogens with one attached hydrogen (secondary N) is 1. The second kappa shape index (κ2) is 10.7. The van der Waals surface area contributed by atoms with E-state index in [1.807, 2.05) is 19.2 Å². The molecule has 0 saturated carbocycles. The molecule has 1 aliphatic carbocycles. The van der Waals surface area contributed by atoms with Crippen LogP contribution in [0.4, 0.5) is 11.4 Å². The minimum absolute atomic E-state index is 0.0308. The van der Waals surface area contributed by atoms with E-state index in [4.69, 9.17) is 11.6 Å². The predicted octanol–water partition coefficient (Wildman–Crippen LogP) is 3.61. The molecule has 0 unspecified atom stereocenters. The molecular weight excluding hydrogens is 454 g/mol. The lowest BCUT2D eigenvalue weighted by molar-refractivity contribution is -0.102. The lowest BCUT2D eigenvalue weighted by Crippen LogP contribution is -2.20. The summed E-state index contributed by atoms with van der Waals surface area (Å²) in [4.78, 5) is 11.8. The Labute approximate surface area is 209 Å². The molecule has 6 N–H and O–H groups in total. The van der Waals surface area contributed by atoms with Gasteiger partial charge in [0.05, 0.1) is 17.1 Å². The van der Waals surface area contributed by atoms with Crippen molar-refractivity contribution in [2.45, 2.75) is 26.2 Å². The van der Waals surface area contributed by atoms with Gasteiger partial charge in [-0.2, -0.15) is 15.3 Å². The summed E-state index contributed by atoms with van der Waals surface area (Å²) in [5.74, 6) is 5.44. The van der Waals surface area contributed by atoms with E-state index >= 15 is 0 Å².